The van der Waals surface area contributed by atoms with Crippen LogP contribution in [0.25, 0.3) is 0 Å². The first-order chi connectivity index (χ1) is 11.0. The summed E-state index contributed by atoms with van der Waals surface area (Å²) >= 11 is 0. The third-order valence-electron chi connectivity index (χ3n) is 2.98. The summed E-state index contributed by atoms with van der Waals surface area (Å²) < 4.78 is 9.73. The second-order valence-electron chi connectivity index (χ2n) is 4.55. The number of carbonyl (C=O) groups excluding carboxylic acids is 2. The molecule has 0 spiro atoms. The quantitative estimate of drug-likeness (QED) is 0.315. The van der Waals surface area contributed by atoms with Crippen molar-refractivity contribution in [1.82, 2.24) is 0 Å². The van der Waals surface area contributed by atoms with Gasteiger partial charge < -0.3 is 9.47 Å². The second kappa shape index (κ2) is 9.34. The molecular formula is C16H19NO6. The Labute approximate surface area is 134 Å². The first-order valence-electron chi connectivity index (χ1n) is 7.21. The molecule has 7 heteroatoms. The van der Waals surface area contributed by atoms with Crippen LogP contribution in [0.2, 0.25) is 0 Å². The van der Waals surface area contributed by atoms with Crippen molar-refractivity contribution in [1.29, 1.82) is 0 Å². The number of hydrogen-bond acceptors (Lipinski definition) is 6. The first-order valence-corrected chi connectivity index (χ1v) is 7.21. The monoisotopic (exact) mass is 321 g/mol. The molecular weight excluding hydrogens is 302 g/mol. The fourth-order valence-corrected chi connectivity index (χ4v) is 2.04. The molecule has 124 valence electrons. The fourth-order valence-electron chi connectivity index (χ4n) is 2.04. The van der Waals surface area contributed by atoms with E-state index >= 15 is 0 Å². The van der Waals surface area contributed by atoms with Gasteiger partial charge in [-0.05, 0) is 19.4 Å². The minimum Gasteiger partial charge on any atom is -0.463 e. The van der Waals surface area contributed by atoms with Crippen molar-refractivity contribution in [3.05, 3.63) is 57.7 Å². The van der Waals surface area contributed by atoms with Crippen LogP contribution in [-0.2, 0) is 19.1 Å². The lowest BCUT2D eigenvalue weighted by molar-refractivity contribution is -0.481. The van der Waals surface area contributed by atoms with Crippen molar-refractivity contribution >= 4 is 11.9 Å². The molecule has 7 nitrogen and oxygen atoms in total. The van der Waals surface area contributed by atoms with Gasteiger partial charge in [0.1, 0.15) is 0 Å². The number of carbonyl (C=O) groups is 2. The SMILES string of the molecule is CCOC(=O)/C=C(/C(=O)OCC)[C@@H](C[N+](=O)[O-])c1ccccc1. The lowest BCUT2D eigenvalue weighted by atomic mass is 9.90. The van der Waals surface area contributed by atoms with E-state index in [0.717, 1.165) is 6.08 Å². The van der Waals surface area contributed by atoms with Crippen LogP contribution in [0, 0.1) is 10.1 Å². The summed E-state index contributed by atoms with van der Waals surface area (Å²) in [6.07, 6.45) is 0.975. The highest BCUT2D eigenvalue weighted by Gasteiger charge is 2.29. The predicted octanol–water partition coefficient (Wildman–Crippen LogP) is 2.10. The molecule has 1 aromatic rings. The molecule has 1 aromatic carbocycles. The molecule has 0 saturated heterocycles. The number of rotatable bonds is 8. The summed E-state index contributed by atoms with van der Waals surface area (Å²) in [4.78, 5) is 34.3. The van der Waals surface area contributed by atoms with Gasteiger partial charge in [-0.25, -0.2) is 9.59 Å². The number of esters is 2. The molecule has 0 unspecified atom stereocenters. The van der Waals surface area contributed by atoms with E-state index in [4.69, 9.17) is 9.47 Å². The molecule has 0 radical (unpaired) electrons. The minimum absolute atomic E-state index is 0.0896. The third-order valence-corrected chi connectivity index (χ3v) is 2.98. The van der Waals surface area contributed by atoms with E-state index in [9.17, 15) is 19.7 Å². The second-order valence-corrected chi connectivity index (χ2v) is 4.55. The summed E-state index contributed by atoms with van der Waals surface area (Å²) in [5.41, 5.74) is 0.459. The smallest absolute Gasteiger partial charge is 0.335 e. The third kappa shape index (κ3) is 5.90. The fraction of sp³-hybridized carbons (Fsp3) is 0.375. The van der Waals surface area contributed by atoms with E-state index in [2.05, 4.69) is 0 Å². The first kappa shape index (κ1) is 18.3. The summed E-state index contributed by atoms with van der Waals surface area (Å²) in [5.74, 6) is -2.40. The molecule has 23 heavy (non-hydrogen) atoms. The van der Waals surface area contributed by atoms with Crippen molar-refractivity contribution in [2.45, 2.75) is 19.8 Å². The molecule has 0 aliphatic carbocycles. The van der Waals surface area contributed by atoms with Crippen LogP contribution < -0.4 is 0 Å². The van der Waals surface area contributed by atoms with Crippen molar-refractivity contribution in [2.75, 3.05) is 19.8 Å². The lowest BCUT2D eigenvalue weighted by Gasteiger charge is -2.16. The molecule has 0 saturated carbocycles. The van der Waals surface area contributed by atoms with E-state index in [1.807, 2.05) is 0 Å². The van der Waals surface area contributed by atoms with Crippen molar-refractivity contribution in [2.24, 2.45) is 0 Å². The number of hydrogen-bond donors (Lipinski definition) is 0. The van der Waals surface area contributed by atoms with Crippen LogP contribution in [0.3, 0.4) is 0 Å². The maximum Gasteiger partial charge on any atom is 0.335 e. The van der Waals surface area contributed by atoms with E-state index < -0.39 is 29.3 Å². The highest BCUT2D eigenvalue weighted by molar-refractivity contribution is 5.97. The number of benzene rings is 1. The zero-order chi connectivity index (χ0) is 17.2. The molecule has 0 aliphatic rings. The Balaban J connectivity index is 3.28. The highest BCUT2D eigenvalue weighted by Crippen LogP contribution is 2.26. The number of ether oxygens (including phenoxy) is 2. The Kier molecular flexibility index (Phi) is 7.45. The minimum atomic E-state index is -0.894. The maximum atomic E-state index is 12.2. The molecule has 0 bridgehead atoms. The predicted molar refractivity (Wildman–Crippen MR) is 82.4 cm³/mol. The molecule has 0 heterocycles. The van der Waals surface area contributed by atoms with E-state index in [1.165, 1.54) is 0 Å². The van der Waals surface area contributed by atoms with Gasteiger partial charge in [0.2, 0.25) is 6.54 Å². The Morgan fingerprint density at radius 3 is 2.30 bits per heavy atom. The zero-order valence-electron chi connectivity index (χ0n) is 13.1. The average Bonchev–Trinajstić information content (AvgIpc) is 2.52. The molecule has 0 fully saturated rings. The van der Waals surface area contributed by atoms with Gasteiger partial charge in [0, 0.05) is 11.0 Å². The van der Waals surface area contributed by atoms with Crippen LogP contribution in [0.15, 0.2) is 42.0 Å². The van der Waals surface area contributed by atoms with Gasteiger partial charge in [-0.15, -0.1) is 0 Å². The van der Waals surface area contributed by atoms with Gasteiger partial charge in [-0.1, -0.05) is 30.3 Å². The molecule has 0 aromatic heterocycles. The van der Waals surface area contributed by atoms with Gasteiger partial charge in [-0.2, -0.15) is 0 Å². The molecule has 1 atom stereocenters. The van der Waals surface area contributed by atoms with Gasteiger partial charge in [0.05, 0.1) is 24.7 Å². The summed E-state index contributed by atoms with van der Waals surface area (Å²) in [6.45, 7) is 2.94. The standard InChI is InChI=1S/C16H19NO6/c1-3-22-15(18)10-13(16(19)23-4-2)14(11-17(20)21)12-8-6-5-7-9-12/h5-10,14H,3-4,11H2,1-2H3/b13-10+/t14-/m0/s1. The van der Waals surface area contributed by atoms with Crippen LogP contribution >= 0.6 is 0 Å². The normalized spacial score (nSPS) is 12.3. The summed E-state index contributed by atoms with van der Waals surface area (Å²) in [7, 11) is 0. The van der Waals surface area contributed by atoms with Crippen LogP contribution in [0.5, 0.6) is 0 Å². The van der Waals surface area contributed by atoms with Crippen molar-refractivity contribution in [3.8, 4) is 0 Å². The molecule has 0 N–H and O–H groups in total. The van der Waals surface area contributed by atoms with Crippen LogP contribution in [0.1, 0.15) is 25.3 Å². The lowest BCUT2D eigenvalue weighted by Crippen LogP contribution is -2.22. The van der Waals surface area contributed by atoms with E-state index in [0.29, 0.717) is 5.56 Å². The average molecular weight is 321 g/mol. The molecule has 0 amide bonds. The van der Waals surface area contributed by atoms with Gasteiger partial charge in [-0.3, -0.25) is 10.1 Å². The zero-order valence-corrected chi connectivity index (χ0v) is 13.1. The Morgan fingerprint density at radius 2 is 1.78 bits per heavy atom. The Hall–Kier alpha value is -2.70. The molecule has 0 aliphatic heterocycles. The topological polar surface area (TPSA) is 95.7 Å². The maximum absolute atomic E-state index is 12.2. The summed E-state index contributed by atoms with van der Waals surface area (Å²) in [5, 5.41) is 11.0. The van der Waals surface area contributed by atoms with Crippen molar-refractivity contribution < 1.29 is 24.0 Å². The van der Waals surface area contributed by atoms with Crippen molar-refractivity contribution in [3.63, 3.8) is 0 Å². The summed E-state index contributed by atoms with van der Waals surface area (Å²) in [6, 6.07) is 8.48. The van der Waals surface area contributed by atoms with Crippen LogP contribution in [0.4, 0.5) is 0 Å². The van der Waals surface area contributed by atoms with Crippen LogP contribution in [-0.4, -0.2) is 36.6 Å². The van der Waals surface area contributed by atoms with E-state index in [1.54, 1.807) is 44.2 Å². The molecule has 1 rings (SSSR count). The number of nitrogens with zero attached hydrogens (tertiary/aromatic N) is 1. The highest BCUT2D eigenvalue weighted by atomic mass is 16.6. The van der Waals surface area contributed by atoms with Gasteiger partial charge >= 0.3 is 11.9 Å². The largest absolute Gasteiger partial charge is 0.463 e. The van der Waals surface area contributed by atoms with E-state index in [-0.39, 0.29) is 18.8 Å². The Morgan fingerprint density at radius 1 is 1.17 bits per heavy atom. The number of nitro groups is 1. The van der Waals surface area contributed by atoms with Gasteiger partial charge in [0.15, 0.2) is 0 Å². The van der Waals surface area contributed by atoms with Gasteiger partial charge in [0.25, 0.3) is 0 Å². The Bertz CT molecular complexity index is 581.